The summed E-state index contributed by atoms with van der Waals surface area (Å²) in [7, 11) is 0. The lowest BCUT2D eigenvalue weighted by molar-refractivity contribution is 0.00625. The first-order valence-electron chi connectivity index (χ1n) is 6.45. The zero-order valence-electron chi connectivity index (χ0n) is 11.2. The number of nitrogens with zero attached hydrogens (tertiary/aromatic N) is 1. The van der Waals surface area contributed by atoms with Crippen LogP contribution >= 0.6 is 0 Å². The Morgan fingerprint density at radius 1 is 0.895 bits per heavy atom. The Balaban J connectivity index is 2.20. The average Bonchev–Trinajstić information content (AvgIpc) is 2.82. The summed E-state index contributed by atoms with van der Waals surface area (Å²) in [5.74, 6) is 0. The van der Waals surface area contributed by atoms with E-state index in [1.54, 1.807) is 13.8 Å². The third kappa shape index (κ3) is 2.15. The highest BCUT2D eigenvalue weighted by molar-refractivity contribution is 5.85. The Bertz CT molecular complexity index is 705. The molecule has 3 rings (SSSR count). The molecule has 19 heavy (non-hydrogen) atoms. The molecule has 0 atom stereocenters. The van der Waals surface area contributed by atoms with E-state index >= 15 is 0 Å². The summed E-state index contributed by atoms with van der Waals surface area (Å²) in [6, 6.07) is 18.7. The first-order valence-corrected chi connectivity index (χ1v) is 6.45. The third-order valence-corrected chi connectivity index (χ3v) is 3.39. The van der Waals surface area contributed by atoms with Crippen LogP contribution in [0.2, 0.25) is 0 Å². The minimum Gasteiger partial charge on any atom is -0.371 e. The van der Waals surface area contributed by atoms with E-state index in [0.29, 0.717) is 0 Å². The van der Waals surface area contributed by atoms with Crippen LogP contribution in [-0.4, -0.2) is 9.67 Å². The second kappa shape index (κ2) is 4.25. The van der Waals surface area contributed by atoms with E-state index in [2.05, 4.69) is 30.3 Å². The molecule has 0 spiro atoms. The van der Waals surface area contributed by atoms with Crippen LogP contribution in [0.4, 0.5) is 0 Å². The fraction of sp³-hybridized carbons (Fsp3) is 0.176. The van der Waals surface area contributed by atoms with Crippen molar-refractivity contribution in [1.82, 2.24) is 4.57 Å². The zero-order valence-corrected chi connectivity index (χ0v) is 11.2. The average molecular weight is 251 g/mol. The molecule has 0 saturated carbocycles. The van der Waals surface area contributed by atoms with E-state index < -0.39 is 5.72 Å². The van der Waals surface area contributed by atoms with E-state index in [-0.39, 0.29) is 0 Å². The van der Waals surface area contributed by atoms with Gasteiger partial charge in [-0.05, 0) is 42.5 Å². The summed E-state index contributed by atoms with van der Waals surface area (Å²) >= 11 is 0. The van der Waals surface area contributed by atoms with Gasteiger partial charge in [-0.15, -0.1) is 0 Å². The topological polar surface area (TPSA) is 25.2 Å². The number of benzene rings is 2. The molecule has 1 aromatic heterocycles. The van der Waals surface area contributed by atoms with Gasteiger partial charge in [0.05, 0.1) is 5.52 Å². The standard InChI is InChI=1S/C17H17NO/c1-17(2,19)18-11-10-14-8-9-15(12-16(14)18)13-6-4-3-5-7-13/h3-12,19H,1-2H3. The summed E-state index contributed by atoms with van der Waals surface area (Å²) in [4.78, 5) is 0. The van der Waals surface area contributed by atoms with Crippen molar-refractivity contribution in [3.8, 4) is 11.1 Å². The van der Waals surface area contributed by atoms with Gasteiger partial charge in [-0.25, -0.2) is 0 Å². The van der Waals surface area contributed by atoms with Crippen LogP contribution < -0.4 is 0 Å². The van der Waals surface area contributed by atoms with Crippen molar-refractivity contribution in [3.63, 3.8) is 0 Å². The molecule has 0 amide bonds. The molecule has 2 aromatic carbocycles. The van der Waals surface area contributed by atoms with Crippen LogP contribution in [0.25, 0.3) is 22.0 Å². The summed E-state index contributed by atoms with van der Waals surface area (Å²) < 4.78 is 1.90. The van der Waals surface area contributed by atoms with Gasteiger partial charge in [0.15, 0.2) is 0 Å². The fourth-order valence-corrected chi connectivity index (χ4v) is 2.42. The molecule has 1 N–H and O–H groups in total. The molecule has 0 aliphatic rings. The van der Waals surface area contributed by atoms with Crippen molar-refractivity contribution < 1.29 is 5.11 Å². The van der Waals surface area contributed by atoms with Crippen molar-refractivity contribution in [2.75, 3.05) is 0 Å². The van der Waals surface area contributed by atoms with Crippen LogP contribution in [0, 0.1) is 0 Å². The van der Waals surface area contributed by atoms with E-state index in [1.807, 2.05) is 35.0 Å². The van der Waals surface area contributed by atoms with Gasteiger partial charge >= 0.3 is 0 Å². The monoisotopic (exact) mass is 251 g/mol. The van der Waals surface area contributed by atoms with Gasteiger partial charge in [0, 0.05) is 6.20 Å². The molecular formula is C17H17NO. The van der Waals surface area contributed by atoms with Crippen LogP contribution in [0.1, 0.15) is 13.8 Å². The second-order valence-electron chi connectivity index (χ2n) is 5.32. The number of aliphatic hydroxyl groups is 1. The maximum absolute atomic E-state index is 10.2. The van der Waals surface area contributed by atoms with Gasteiger partial charge in [0.25, 0.3) is 0 Å². The van der Waals surface area contributed by atoms with Crippen molar-refractivity contribution in [2.24, 2.45) is 0 Å². The van der Waals surface area contributed by atoms with Crippen molar-refractivity contribution in [3.05, 3.63) is 60.8 Å². The Morgan fingerprint density at radius 3 is 2.32 bits per heavy atom. The minimum absolute atomic E-state index is 0.892. The van der Waals surface area contributed by atoms with Crippen molar-refractivity contribution in [1.29, 1.82) is 0 Å². The molecule has 0 saturated heterocycles. The lowest BCUT2D eigenvalue weighted by atomic mass is 10.0. The lowest BCUT2D eigenvalue weighted by Gasteiger charge is -2.21. The van der Waals surface area contributed by atoms with Crippen molar-refractivity contribution in [2.45, 2.75) is 19.6 Å². The molecule has 2 nitrogen and oxygen atoms in total. The molecular weight excluding hydrogens is 234 g/mol. The molecule has 0 unspecified atom stereocenters. The fourth-order valence-electron chi connectivity index (χ4n) is 2.42. The van der Waals surface area contributed by atoms with Gasteiger partial charge in [0.2, 0.25) is 0 Å². The van der Waals surface area contributed by atoms with Gasteiger partial charge in [-0.2, -0.15) is 0 Å². The second-order valence-corrected chi connectivity index (χ2v) is 5.32. The molecule has 2 heteroatoms. The van der Waals surface area contributed by atoms with Gasteiger partial charge in [0.1, 0.15) is 5.72 Å². The molecule has 0 bridgehead atoms. The lowest BCUT2D eigenvalue weighted by Crippen LogP contribution is -2.24. The summed E-state index contributed by atoms with van der Waals surface area (Å²) in [5, 5.41) is 11.3. The highest BCUT2D eigenvalue weighted by atomic mass is 16.3. The largest absolute Gasteiger partial charge is 0.371 e. The van der Waals surface area contributed by atoms with Gasteiger partial charge in [-0.3, -0.25) is 0 Å². The van der Waals surface area contributed by atoms with Crippen LogP contribution in [0.15, 0.2) is 60.8 Å². The van der Waals surface area contributed by atoms with Crippen LogP contribution in [-0.2, 0) is 5.72 Å². The maximum Gasteiger partial charge on any atom is 0.136 e. The molecule has 0 radical (unpaired) electrons. The van der Waals surface area contributed by atoms with Crippen LogP contribution in [0.3, 0.4) is 0 Å². The number of fused-ring (bicyclic) bond motifs is 1. The molecule has 0 aliphatic heterocycles. The summed E-state index contributed by atoms with van der Waals surface area (Å²) in [5.41, 5.74) is 2.51. The SMILES string of the molecule is CC(C)(O)n1ccc2ccc(-c3ccccc3)cc21. The Hall–Kier alpha value is -2.06. The highest BCUT2D eigenvalue weighted by Crippen LogP contribution is 2.27. The van der Waals surface area contributed by atoms with Gasteiger partial charge < -0.3 is 9.67 Å². The molecule has 3 aromatic rings. The molecule has 0 aliphatic carbocycles. The molecule has 1 heterocycles. The summed E-state index contributed by atoms with van der Waals surface area (Å²) in [6.45, 7) is 3.59. The van der Waals surface area contributed by atoms with E-state index in [9.17, 15) is 5.11 Å². The number of rotatable bonds is 2. The Morgan fingerprint density at radius 2 is 1.63 bits per heavy atom. The Labute approximate surface area is 112 Å². The van der Waals surface area contributed by atoms with E-state index in [0.717, 1.165) is 16.5 Å². The normalized spacial score (nSPS) is 11.9. The quantitative estimate of drug-likeness (QED) is 0.732. The highest BCUT2D eigenvalue weighted by Gasteiger charge is 2.17. The molecule has 0 fully saturated rings. The summed E-state index contributed by atoms with van der Waals surface area (Å²) in [6.07, 6.45) is 1.93. The predicted octanol–water partition coefficient (Wildman–Crippen LogP) is 3.99. The third-order valence-electron chi connectivity index (χ3n) is 3.39. The Kier molecular flexibility index (Phi) is 2.68. The van der Waals surface area contributed by atoms with Crippen molar-refractivity contribution >= 4 is 10.9 Å². The van der Waals surface area contributed by atoms with Crippen LogP contribution in [0.5, 0.6) is 0 Å². The molecule has 96 valence electrons. The number of aromatic nitrogens is 1. The first-order chi connectivity index (χ1) is 9.05. The predicted molar refractivity (Wildman–Crippen MR) is 78.9 cm³/mol. The van der Waals surface area contributed by atoms with Gasteiger partial charge in [-0.1, -0.05) is 42.5 Å². The smallest absolute Gasteiger partial charge is 0.136 e. The first kappa shape index (κ1) is 12.0. The van der Waals surface area contributed by atoms with E-state index in [4.69, 9.17) is 0 Å². The zero-order chi connectivity index (χ0) is 13.5. The minimum atomic E-state index is -0.892. The number of hydrogen-bond acceptors (Lipinski definition) is 1. The van der Waals surface area contributed by atoms with E-state index in [1.165, 1.54) is 5.56 Å². The maximum atomic E-state index is 10.2. The number of hydrogen-bond donors (Lipinski definition) is 1.